The summed E-state index contributed by atoms with van der Waals surface area (Å²) < 4.78 is 5.48. The van der Waals surface area contributed by atoms with Crippen LogP contribution in [0.2, 0.25) is 0 Å². The van der Waals surface area contributed by atoms with Crippen molar-refractivity contribution in [2.75, 3.05) is 0 Å². The lowest BCUT2D eigenvalue weighted by molar-refractivity contribution is 0.166. The van der Waals surface area contributed by atoms with Gasteiger partial charge in [-0.2, -0.15) is 5.26 Å². The van der Waals surface area contributed by atoms with E-state index < -0.39 is 0 Å². The van der Waals surface area contributed by atoms with E-state index in [0.717, 1.165) is 60.6 Å². The Morgan fingerprint density at radius 1 is 0.466 bits per heavy atom. The number of para-hydroxylation sites is 2. The maximum Gasteiger partial charge on any atom is 0.196 e. The van der Waals surface area contributed by atoms with E-state index in [2.05, 4.69) is 56.1 Å². The van der Waals surface area contributed by atoms with Crippen LogP contribution in [0, 0.1) is 41.6 Å². The molecular weight excluding hydrogens is 705 g/mol. The summed E-state index contributed by atoms with van der Waals surface area (Å²) in [5.41, 5.74) is 22.3. The highest BCUT2D eigenvalue weighted by Crippen LogP contribution is 2.64. The molecule has 0 radical (unpaired) electrons. The van der Waals surface area contributed by atoms with Gasteiger partial charge in [-0.1, -0.05) is 36.4 Å². The molecule has 4 heteroatoms. The van der Waals surface area contributed by atoms with Crippen molar-refractivity contribution in [3.05, 3.63) is 97.9 Å². The highest BCUT2D eigenvalue weighted by atomic mass is 15.0. The van der Waals surface area contributed by atoms with Crippen molar-refractivity contribution < 1.29 is 0 Å². The predicted octanol–water partition coefficient (Wildman–Crippen LogP) is 13.4. The van der Waals surface area contributed by atoms with E-state index in [1.807, 2.05) is 0 Å². The van der Waals surface area contributed by atoms with E-state index in [9.17, 15) is 5.26 Å². The summed E-state index contributed by atoms with van der Waals surface area (Å²) in [5.74, 6) is 5.50. The van der Waals surface area contributed by atoms with Gasteiger partial charge in [-0.3, -0.25) is 0 Å². The molecule has 19 rings (SSSR count). The minimum absolute atomic E-state index is 0.535. The molecule has 2 aliphatic heterocycles. The van der Waals surface area contributed by atoms with Crippen LogP contribution in [0.3, 0.4) is 0 Å². The molecule has 6 heterocycles. The number of rotatable bonds is 0. The number of nitrogens with zero attached hydrogens (tertiary/aromatic N) is 4. The molecule has 58 heavy (non-hydrogen) atoms. The van der Waals surface area contributed by atoms with Gasteiger partial charge in [0.05, 0.1) is 45.8 Å². The molecule has 278 valence electrons. The van der Waals surface area contributed by atoms with Crippen LogP contribution in [0.15, 0.2) is 36.4 Å². The zero-order valence-electron chi connectivity index (χ0n) is 32.8. The number of hydrogen-bond donors (Lipinski definition) is 0. The Kier molecular flexibility index (Phi) is 4.85. The van der Waals surface area contributed by atoms with Gasteiger partial charge in [0.15, 0.2) is 5.69 Å². The Hall–Kier alpha value is -5.32. The Morgan fingerprint density at radius 2 is 0.862 bits per heavy atom. The molecule has 4 atom stereocenters. The fourth-order valence-corrected chi connectivity index (χ4v) is 17.7. The third kappa shape index (κ3) is 2.99. The molecule has 4 nitrogen and oxygen atoms in total. The first kappa shape index (κ1) is 29.8. The molecule has 4 unspecified atom stereocenters. The van der Waals surface area contributed by atoms with Crippen molar-refractivity contribution in [2.24, 2.45) is 23.7 Å². The molecule has 0 saturated heterocycles. The standard InChI is InChI=1S/C54H42N4/c1-56-48-38-11-10-37-45-32-4-2-6-34-46-41-28-16-23-12-24(17-28)15-27(14-23)40(41)39(22-55)31-8-9-36(52(45)57(49(32)34)51(31)46)44-33-5-3-7-35-47(54(38)58(50(33)35)53(37)44)42-29-18-25-13-26(19-29)21-30(20-25)43(42)48/h2-7,23-30H,8-21H2. The summed E-state index contributed by atoms with van der Waals surface area (Å²) in [5, 5.41) is 22.9. The van der Waals surface area contributed by atoms with Crippen LogP contribution in [0.25, 0.3) is 81.0 Å². The van der Waals surface area contributed by atoms with Crippen LogP contribution >= 0.6 is 0 Å². The highest BCUT2D eigenvalue weighted by molar-refractivity contribution is 6.33. The summed E-state index contributed by atoms with van der Waals surface area (Å²) in [4.78, 5) is 4.61. The van der Waals surface area contributed by atoms with Crippen molar-refractivity contribution in [2.45, 2.75) is 114 Å². The van der Waals surface area contributed by atoms with Gasteiger partial charge in [0.25, 0.3) is 0 Å². The minimum atomic E-state index is 0.535. The third-order valence-corrected chi connectivity index (χ3v) is 18.8. The first-order chi connectivity index (χ1) is 28.7. The summed E-state index contributed by atoms with van der Waals surface area (Å²) in [6.07, 6.45) is 16.9. The Morgan fingerprint density at radius 3 is 1.36 bits per heavy atom. The van der Waals surface area contributed by atoms with Gasteiger partial charge in [-0.05, 0) is 182 Å². The molecule has 4 aromatic heterocycles. The van der Waals surface area contributed by atoms with Gasteiger partial charge in [0.1, 0.15) is 0 Å². The molecule has 0 N–H and O–H groups in total. The van der Waals surface area contributed by atoms with E-state index in [-0.39, 0.29) is 0 Å². The first-order valence-electron chi connectivity index (χ1n) is 23.0. The molecular formula is C54H42N4. The lowest BCUT2D eigenvalue weighted by Crippen LogP contribution is -2.25. The molecule has 0 spiro atoms. The quantitative estimate of drug-likeness (QED) is 0.142. The maximum atomic E-state index is 11.3. The smallest absolute Gasteiger partial charge is 0.196 e. The third-order valence-electron chi connectivity index (χ3n) is 18.8. The molecule has 8 aliphatic carbocycles. The lowest BCUT2D eigenvalue weighted by atomic mass is 9.67. The van der Waals surface area contributed by atoms with Crippen molar-refractivity contribution in [1.82, 2.24) is 8.80 Å². The molecule has 10 aliphatic rings. The summed E-state index contributed by atoms with van der Waals surface area (Å²) in [7, 11) is 0. The largest absolute Gasteiger partial charge is 0.309 e. The van der Waals surface area contributed by atoms with Crippen LogP contribution in [-0.4, -0.2) is 8.80 Å². The zero-order valence-corrected chi connectivity index (χ0v) is 32.8. The monoisotopic (exact) mass is 746 g/mol. The molecule has 4 fully saturated rings. The SMILES string of the molecule is [C-]#[N+]c1c2c(c3c4cccc5c6c7c8c(c9c6n(c3c1CC9)c45)c1cccc3c4c5c(c(C#N)c(c4n8c31)CC7)C1CC3CC(C1)CC5C3)C1CC3CC(CC2C3)C1. The predicted molar refractivity (Wildman–Crippen MR) is 233 cm³/mol. The van der Waals surface area contributed by atoms with Crippen LogP contribution in [-0.2, 0) is 25.7 Å². The van der Waals surface area contributed by atoms with Gasteiger partial charge >= 0.3 is 0 Å². The summed E-state index contributed by atoms with van der Waals surface area (Å²) in [6, 6.07) is 17.5. The van der Waals surface area contributed by atoms with Crippen molar-refractivity contribution in [1.29, 1.82) is 5.26 Å². The van der Waals surface area contributed by atoms with Crippen LogP contribution < -0.4 is 0 Å². The normalized spacial score (nSPS) is 29.8. The van der Waals surface area contributed by atoms with E-state index in [4.69, 9.17) is 6.57 Å². The van der Waals surface area contributed by atoms with Crippen LogP contribution in [0.4, 0.5) is 5.69 Å². The number of benzene rings is 5. The Bertz CT molecular complexity index is 3350. The van der Waals surface area contributed by atoms with Crippen molar-refractivity contribution in [3.63, 3.8) is 0 Å². The fraction of sp³-hybridized carbons (Fsp3) is 0.407. The number of aromatic nitrogens is 2. The van der Waals surface area contributed by atoms with Crippen molar-refractivity contribution >= 4 is 81.9 Å². The van der Waals surface area contributed by atoms with Gasteiger partial charge in [0.2, 0.25) is 0 Å². The molecule has 9 aromatic rings. The number of aryl methyl sites for hydroxylation is 4. The first-order valence-corrected chi connectivity index (χ1v) is 23.0. The fourth-order valence-electron chi connectivity index (χ4n) is 17.7. The average Bonchev–Trinajstić information content (AvgIpc) is 3.81. The van der Waals surface area contributed by atoms with Gasteiger partial charge in [-0.15, -0.1) is 0 Å². The average molecular weight is 747 g/mol. The summed E-state index contributed by atoms with van der Waals surface area (Å²) >= 11 is 0. The van der Waals surface area contributed by atoms with E-state index in [1.165, 1.54) is 174 Å². The second kappa shape index (κ2) is 9.42. The van der Waals surface area contributed by atoms with E-state index in [1.54, 1.807) is 11.1 Å². The Labute approximate surface area is 335 Å². The van der Waals surface area contributed by atoms with Crippen LogP contribution in [0.1, 0.15) is 138 Å². The Balaban J connectivity index is 1.08. The molecule has 4 saturated carbocycles. The number of fused-ring (bicyclic) bond motifs is 6. The van der Waals surface area contributed by atoms with Crippen LogP contribution in [0.5, 0.6) is 0 Å². The second-order valence-electron chi connectivity index (χ2n) is 21.1. The summed E-state index contributed by atoms with van der Waals surface area (Å²) in [6.45, 7) is 8.93. The maximum absolute atomic E-state index is 11.3. The number of hydrogen-bond acceptors (Lipinski definition) is 1. The number of nitriles is 1. The van der Waals surface area contributed by atoms with Gasteiger partial charge < -0.3 is 8.80 Å². The minimum Gasteiger partial charge on any atom is -0.309 e. The lowest BCUT2D eigenvalue weighted by Gasteiger charge is -2.38. The molecule has 5 aromatic carbocycles. The van der Waals surface area contributed by atoms with Gasteiger partial charge in [-0.25, -0.2) is 4.85 Å². The molecule has 8 bridgehead atoms. The van der Waals surface area contributed by atoms with E-state index >= 15 is 0 Å². The van der Waals surface area contributed by atoms with Crippen molar-refractivity contribution in [3.8, 4) is 6.07 Å². The topological polar surface area (TPSA) is 37.0 Å². The zero-order chi connectivity index (χ0) is 37.2. The second-order valence-corrected chi connectivity index (χ2v) is 21.1. The highest BCUT2D eigenvalue weighted by Gasteiger charge is 2.48. The van der Waals surface area contributed by atoms with Gasteiger partial charge in [0, 0.05) is 48.6 Å². The molecule has 0 amide bonds. The van der Waals surface area contributed by atoms with E-state index in [0.29, 0.717) is 23.7 Å².